The second-order valence-corrected chi connectivity index (χ2v) is 4.82. The molecule has 0 aromatic carbocycles. The summed E-state index contributed by atoms with van der Waals surface area (Å²) in [5.74, 6) is 0.523. The predicted molar refractivity (Wildman–Crippen MR) is 59.7 cm³/mol. The van der Waals surface area contributed by atoms with Gasteiger partial charge < -0.3 is 11.1 Å². The molecule has 72 valence electrons. The van der Waals surface area contributed by atoms with Crippen molar-refractivity contribution in [3.05, 3.63) is 16.7 Å². The second-order valence-electron chi connectivity index (χ2n) is 3.96. The first-order valence-corrected chi connectivity index (χ1v) is 4.87. The van der Waals surface area contributed by atoms with E-state index in [0.717, 1.165) is 10.2 Å². The number of rotatable bonds is 1. The molecule has 0 aliphatic heterocycles. The molecule has 3 nitrogen and oxygen atoms in total. The summed E-state index contributed by atoms with van der Waals surface area (Å²) in [6.07, 6.45) is 1.70. The summed E-state index contributed by atoms with van der Waals surface area (Å²) < 4.78 is 0.927. The van der Waals surface area contributed by atoms with Gasteiger partial charge in [0.15, 0.2) is 0 Å². The Hall–Kier alpha value is -0.770. The third-order valence-electron chi connectivity index (χ3n) is 1.39. The third-order valence-corrected chi connectivity index (χ3v) is 2.02. The highest BCUT2D eigenvalue weighted by Gasteiger charge is 2.11. The molecule has 0 spiro atoms. The Bertz CT molecular complexity index is 304. The first kappa shape index (κ1) is 10.3. The third kappa shape index (κ3) is 3.22. The van der Waals surface area contributed by atoms with Crippen molar-refractivity contribution in [1.29, 1.82) is 0 Å². The van der Waals surface area contributed by atoms with Crippen molar-refractivity contribution in [2.75, 3.05) is 11.1 Å². The highest BCUT2D eigenvalue weighted by Crippen LogP contribution is 2.25. The smallest absolute Gasteiger partial charge is 0.125 e. The Balaban J connectivity index is 2.94. The van der Waals surface area contributed by atoms with Gasteiger partial charge in [0.1, 0.15) is 5.82 Å². The molecule has 0 aliphatic carbocycles. The number of halogens is 1. The Morgan fingerprint density at radius 3 is 2.62 bits per heavy atom. The molecular formula is C9H14BrN3. The van der Waals surface area contributed by atoms with Crippen LogP contribution in [0.3, 0.4) is 0 Å². The molecule has 0 radical (unpaired) electrons. The minimum atomic E-state index is 0.0241. The SMILES string of the molecule is CC(C)(C)Nc1cc(N)ncc1Br. The molecule has 0 bridgehead atoms. The van der Waals surface area contributed by atoms with E-state index in [1.165, 1.54) is 0 Å². The van der Waals surface area contributed by atoms with E-state index >= 15 is 0 Å². The summed E-state index contributed by atoms with van der Waals surface area (Å²) in [4.78, 5) is 3.96. The van der Waals surface area contributed by atoms with Crippen LogP contribution in [0.1, 0.15) is 20.8 Å². The number of hydrogen-bond acceptors (Lipinski definition) is 3. The van der Waals surface area contributed by atoms with Crippen LogP contribution in [0, 0.1) is 0 Å². The van der Waals surface area contributed by atoms with Crippen molar-refractivity contribution in [3.63, 3.8) is 0 Å². The standard InChI is InChI=1S/C9H14BrN3/c1-9(2,3)13-7-4-8(11)12-5-6(7)10/h4-5H,1-3H3,(H3,11,12,13). The topological polar surface area (TPSA) is 50.9 Å². The first-order chi connectivity index (χ1) is 5.88. The summed E-state index contributed by atoms with van der Waals surface area (Å²) in [6, 6.07) is 1.81. The number of nitrogens with two attached hydrogens (primary N) is 1. The van der Waals surface area contributed by atoms with Gasteiger partial charge in [0.2, 0.25) is 0 Å². The van der Waals surface area contributed by atoms with Crippen LogP contribution in [0.2, 0.25) is 0 Å². The largest absolute Gasteiger partial charge is 0.384 e. The van der Waals surface area contributed by atoms with Crippen LogP contribution in [0.4, 0.5) is 11.5 Å². The summed E-state index contributed by atoms with van der Waals surface area (Å²) >= 11 is 3.40. The molecule has 4 heteroatoms. The summed E-state index contributed by atoms with van der Waals surface area (Å²) in [5, 5.41) is 3.32. The lowest BCUT2D eigenvalue weighted by molar-refractivity contribution is 0.633. The fourth-order valence-corrected chi connectivity index (χ4v) is 1.27. The minimum absolute atomic E-state index is 0.0241. The van der Waals surface area contributed by atoms with Gasteiger partial charge in [-0.15, -0.1) is 0 Å². The zero-order chi connectivity index (χ0) is 10.1. The molecular weight excluding hydrogens is 230 g/mol. The Labute approximate surface area is 86.9 Å². The fraction of sp³-hybridized carbons (Fsp3) is 0.444. The van der Waals surface area contributed by atoms with Gasteiger partial charge >= 0.3 is 0 Å². The average Bonchev–Trinajstić information content (AvgIpc) is 1.94. The highest BCUT2D eigenvalue weighted by atomic mass is 79.9. The van der Waals surface area contributed by atoms with Crippen LogP contribution in [0.5, 0.6) is 0 Å². The quantitative estimate of drug-likeness (QED) is 0.798. The summed E-state index contributed by atoms with van der Waals surface area (Å²) in [5.41, 5.74) is 6.57. The summed E-state index contributed by atoms with van der Waals surface area (Å²) in [7, 11) is 0. The molecule has 3 N–H and O–H groups in total. The molecule has 1 aromatic heterocycles. The van der Waals surface area contributed by atoms with Gasteiger partial charge in [0, 0.05) is 17.8 Å². The minimum Gasteiger partial charge on any atom is -0.384 e. The molecule has 0 unspecified atom stereocenters. The molecule has 1 aromatic rings. The Morgan fingerprint density at radius 2 is 2.08 bits per heavy atom. The zero-order valence-corrected chi connectivity index (χ0v) is 9.64. The molecule has 0 saturated carbocycles. The normalized spacial score (nSPS) is 11.4. The highest BCUT2D eigenvalue weighted by molar-refractivity contribution is 9.10. The van der Waals surface area contributed by atoms with Gasteiger partial charge in [-0.05, 0) is 36.7 Å². The average molecular weight is 244 g/mol. The zero-order valence-electron chi connectivity index (χ0n) is 8.06. The van der Waals surface area contributed by atoms with Crippen LogP contribution in [0.25, 0.3) is 0 Å². The number of nitrogens with zero attached hydrogens (tertiary/aromatic N) is 1. The number of anilines is 2. The van der Waals surface area contributed by atoms with Gasteiger partial charge in [-0.25, -0.2) is 4.98 Å². The Morgan fingerprint density at radius 1 is 1.46 bits per heavy atom. The fourth-order valence-electron chi connectivity index (χ4n) is 0.955. The van der Waals surface area contributed by atoms with Gasteiger partial charge in [0.25, 0.3) is 0 Å². The van der Waals surface area contributed by atoms with E-state index in [4.69, 9.17) is 5.73 Å². The molecule has 0 amide bonds. The van der Waals surface area contributed by atoms with E-state index in [0.29, 0.717) is 5.82 Å². The first-order valence-electron chi connectivity index (χ1n) is 4.08. The molecule has 13 heavy (non-hydrogen) atoms. The van der Waals surface area contributed by atoms with Crippen molar-refractivity contribution in [1.82, 2.24) is 4.98 Å². The maximum Gasteiger partial charge on any atom is 0.125 e. The molecule has 0 atom stereocenters. The number of aromatic nitrogens is 1. The van der Waals surface area contributed by atoms with Crippen molar-refractivity contribution in [3.8, 4) is 0 Å². The molecule has 1 rings (SSSR count). The van der Waals surface area contributed by atoms with Crippen LogP contribution in [-0.4, -0.2) is 10.5 Å². The molecule has 1 heterocycles. The number of nitrogens with one attached hydrogen (secondary N) is 1. The number of hydrogen-bond donors (Lipinski definition) is 2. The van der Waals surface area contributed by atoms with E-state index < -0.39 is 0 Å². The van der Waals surface area contributed by atoms with Crippen molar-refractivity contribution < 1.29 is 0 Å². The molecule has 0 fully saturated rings. The number of nitrogen functional groups attached to an aromatic ring is 1. The van der Waals surface area contributed by atoms with Crippen LogP contribution < -0.4 is 11.1 Å². The Kier molecular flexibility index (Phi) is 2.81. The van der Waals surface area contributed by atoms with Gasteiger partial charge in [-0.2, -0.15) is 0 Å². The van der Waals surface area contributed by atoms with Gasteiger partial charge in [-0.1, -0.05) is 0 Å². The van der Waals surface area contributed by atoms with Crippen molar-refractivity contribution in [2.24, 2.45) is 0 Å². The van der Waals surface area contributed by atoms with Gasteiger partial charge in [-0.3, -0.25) is 0 Å². The van der Waals surface area contributed by atoms with Crippen LogP contribution in [-0.2, 0) is 0 Å². The molecule has 0 aliphatic rings. The number of pyridine rings is 1. The van der Waals surface area contributed by atoms with E-state index in [2.05, 4.69) is 47.0 Å². The maximum atomic E-state index is 5.57. The van der Waals surface area contributed by atoms with Crippen molar-refractivity contribution >= 4 is 27.4 Å². The lowest BCUT2D eigenvalue weighted by Gasteiger charge is -2.22. The van der Waals surface area contributed by atoms with E-state index in [1.807, 2.05) is 6.07 Å². The second kappa shape index (κ2) is 3.54. The van der Waals surface area contributed by atoms with Crippen LogP contribution >= 0.6 is 15.9 Å². The lowest BCUT2D eigenvalue weighted by atomic mass is 10.1. The summed E-state index contributed by atoms with van der Waals surface area (Å²) in [6.45, 7) is 6.28. The predicted octanol–water partition coefficient (Wildman–Crippen LogP) is 2.64. The van der Waals surface area contributed by atoms with E-state index in [9.17, 15) is 0 Å². The van der Waals surface area contributed by atoms with Crippen LogP contribution in [0.15, 0.2) is 16.7 Å². The van der Waals surface area contributed by atoms with Gasteiger partial charge in [0.05, 0.1) is 10.2 Å². The lowest BCUT2D eigenvalue weighted by Crippen LogP contribution is -2.26. The molecule has 0 saturated heterocycles. The van der Waals surface area contributed by atoms with E-state index in [1.54, 1.807) is 6.20 Å². The monoisotopic (exact) mass is 243 g/mol. The van der Waals surface area contributed by atoms with Crippen molar-refractivity contribution in [2.45, 2.75) is 26.3 Å². The maximum absolute atomic E-state index is 5.57. The van der Waals surface area contributed by atoms with E-state index in [-0.39, 0.29) is 5.54 Å².